The molecule has 0 aromatic heterocycles. The van der Waals surface area contributed by atoms with E-state index in [1.54, 1.807) is 0 Å². The molecule has 0 saturated carbocycles. The van der Waals surface area contributed by atoms with E-state index in [1.807, 2.05) is 0 Å². The fourth-order valence-electron chi connectivity index (χ4n) is 3.47. The van der Waals surface area contributed by atoms with Gasteiger partial charge in [0.05, 0.1) is 0 Å². The summed E-state index contributed by atoms with van der Waals surface area (Å²) in [5.74, 6) is 0. The van der Waals surface area contributed by atoms with Crippen LogP contribution in [0.4, 0.5) is 5.69 Å². The van der Waals surface area contributed by atoms with Crippen LogP contribution in [0.2, 0.25) is 0 Å². The molecule has 3 heteroatoms. The third-order valence-electron chi connectivity index (χ3n) is 4.81. The molecule has 1 aromatic rings. The molecule has 2 aliphatic rings. The molecule has 2 aliphatic heterocycles. The van der Waals surface area contributed by atoms with Crippen molar-refractivity contribution in [3.63, 3.8) is 0 Å². The van der Waals surface area contributed by atoms with Crippen molar-refractivity contribution in [2.75, 3.05) is 50.7 Å². The highest BCUT2D eigenvalue weighted by molar-refractivity contribution is 5.47. The van der Waals surface area contributed by atoms with Gasteiger partial charge in [-0.05, 0) is 56.3 Å². The number of benzene rings is 1. The van der Waals surface area contributed by atoms with E-state index in [2.05, 4.69) is 39.4 Å². The van der Waals surface area contributed by atoms with E-state index in [0.717, 1.165) is 13.1 Å². The lowest BCUT2D eigenvalue weighted by Gasteiger charge is -2.29. The summed E-state index contributed by atoms with van der Waals surface area (Å²) in [6.07, 6.45) is 6.60. The Labute approximate surface area is 129 Å². The first-order chi connectivity index (χ1) is 10.4. The van der Waals surface area contributed by atoms with Crippen LogP contribution in [0.3, 0.4) is 0 Å². The van der Waals surface area contributed by atoms with Gasteiger partial charge in [0, 0.05) is 45.0 Å². The molecule has 1 aromatic carbocycles. The van der Waals surface area contributed by atoms with Crippen molar-refractivity contribution in [3.8, 4) is 0 Å². The van der Waals surface area contributed by atoms with Gasteiger partial charge >= 0.3 is 0 Å². The summed E-state index contributed by atoms with van der Waals surface area (Å²) < 4.78 is 0. The first kappa shape index (κ1) is 14.9. The van der Waals surface area contributed by atoms with Gasteiger partial charge in [-0.2, -0.15) is 0 Å². The van der Waals surface area contributed by atoms with Crippen LogP contribution < -0.4 is 10.2 Å². The number of piperazine rings is 1. The lowest BCUT2D eigenvalue weighted by atomic mass is 10.1. The first-order valence-electron chi connectivity index (χ1n) is 8.69. The van der Waals surface area contributed by atoms with Gasteiger partial charge < -0.3 is 15.1 Å². The second kappa shape index (κ2) is 7.81. The van der Waals surface area contributed by atoms with Crippen molar-refractivity contribution < 1.29 is 0 Å². The normalized spacial score (nSPS) is 20.7. The highest BCUT2D eigenvalue weighted by atomic mass is 15.2. The molecule has 3 rings (SSSR count). The Morgan fingerprint density at radius 1 is 0.857 bits per heavy atom. The van der Waals surface area contributed by atoms with Crippen molar-refractivity contribution >= 4 is 5.69 Å². The van der Waals surface area contributed by atoms with Crippen LogP contribution in [0.15, 0.2) is 24.3 Å². The Bertz CT molecular complexity index is 403. The number of hydrogen-bond acceptors (Lipinski definition) is 3. The van der Waals surface area contributed by atoms with E-state index in [0.29, 0.717) is 0 Å². The maximum Gasteiger partial charge on any atom is 0.0366 e. The molecular weight excluding hydrogens is 258 g/mol. The Morgan fingerprint density at radius 2 is 1.57 bits per heavy atom. The Hall–Kier alpha value is -1.06. The van der Waals surface area contributed by atoms with Crippen LogP contribution in [0.25, 0.3) is 0 Å². The lowest BCUT2D eigenvalue weighted by molar-refractivity contribution is 0.238. The number of nitrogens with zero attached hydrogens (tertiary/aromatic N) is 2. The maximum atomic E-state index is 3.41. The summed E-state index contributed by atoms with van der Waals surface area (Å²) in [4.78, 5) is 5.12. The minimum absolute atomic E-state index is 1.16. The second-order valence-corrected chi connectivity index (χ2v) is 6.41. The number of piperidine rings is 1. The topological polar surface area (TPSA) is 18.5 Å². The van der Waals surface area contributed by atoms with Gasteiger partial charge in [-0.15, -0.1) is 0 Å². The molecule has 0 bridgehead atoms. The SMILES string of the molecule is c1cc(N2CCCCC2)ccc1CCCN1CCNCC1. The van der Waals surface area contributed by atoms with Crippen molar-refractivity contribution in [1.29, 1.82) is 0 Å². The molecule has 0 aliphatic carbocycles. The molecule has 1 N–H and O–H groups in total. The largest absolute Gasteiger partial charge is 0.372 e. The van der Waals surface area contributed by atoms with Crippen molar-refractivity contribution in [2.45, 2.75) is 32.1 Å². The summed E-state index contributed by atoms with van der Waals surface area (Å²) in [5.41, 5.74) is 2.91. The molecule has 0 spiro atoms. The van der Waals surface area contributed by atoms with Crippen LogP contribution in [0.1, 0.15) is 31.2 Å². The predicted octanol–water partition coefficient (Wildman–Crippen LogP) is 2.51. The fourth-order valence-corrected chi connectivity index (χ4v) is 3.47. The van der Waals surface area contributed by atoms with Crippen LogP contribution in [0.5, 0.6) is 0 Å². The molecule has 0 radical (unpaired) electrons. The van der Waals surface area contributed by atoms with E-state index < -0.39 is 0 Å². The Balaban J connectivity index is 1.43. The molecule has 2 heterocycles. The van der Waals surface area contributed by atoms with Crippen molar-refractivity contribution in [2.24, 2.45) is 0 Å². The Morgan fingerprint density at radius 3 is 2.29 bits per heavy atom. The lowest BCUT2D eigenvalue weighted by Crippen LogP contribution is -2.43. The first-order valence-corrected chi connectivity index (χ1v) is 8.69. The number of anilines is 1. The third-order valence-corrected chi connectivity index (χ3v) is 4.81. The average molecular weight is 287 g/mol. The molecule has 116 valence electrons. The number of hydrogen-bond donors (Lipinski definition) is 1. The van der Waals surface area contributed by atoms with Crippen molar-refractivity contribution in [3.05, 3.63) is 29.8 Å². The van der Waals surface area contributed by atoms with Gasteiger partial charge in [0.1, 0.15) is 0 Å². The third kappa shape index (κ3) is 4.45. The highest BCUT2D eigenvalue weighted by Crippen LogP contribution is 2.20. The zero-order valence-electron chi connectivity index (χ0n) is 13.2. The maximum absolute atomic E-state index is 3.41. The molecule has 2 saturated heterocycles. The van der Waals surface area contributed by atoms with Gasteiger partial charge in [-0.1, -0.05) is 12.1 Å². The summed E-state index contributed by atoms with van der Waals surface area (Å²) in [6.45, 7) is 8.47. The zero-order valence-corrected chi connectivity index (χ0v) is 13.2. The smallest absolute Gasteiger partial charge is 0.0366 e. The molecule has 21 heavy (non-hydrogen) atoms. The van der Waals surface area contributed by atoms with Gasteiger partial charge in [0.25, 0.3) is 0 Å². The van der Waals surface area contributed by atoms with Gasteiger partial charge in [0.15, 0.2) is 0 Å². The van der Waals surface area contributed by atoms with Gasteiger partial charge in [0.2, 0.25) is 0 Å². The van der Waals surface area contributed by atoms with E-state index in [-0.39, 0.29) is 0 Å². The highest BCUT2D eigenvalue weighted by Gasteiger charge is 2.11. The molecule has 0 atom stereocenters. The van der Waals surface area contributed by atoms with E-state index in [9.17, 15) is 0 Å². The van der Waals surface area contributed by atoms with E-state index >= 15 is 0 Å². The number of nitrogens with one attached hydrogen (secondary N) is 1. The zero-order chi connectivity index (χ0) is 14.3. The summed E-state index contributed by atoms with van der Waals surface area (Å²) >= 11 is 0. The second-order valence-electron chi connectivity index (χ2n) is 6.41. The molecule has 2 fully saturated rings. The number of rotatable bonds is 5. The fraction of sp³-hybridized carbons (Fsp3) is 0.667. The van der Waals surface area contributed by atoms with Crippen molar-refractivity contribution in [1.82, 2.24) is 10.2 Å². The minimum Gasteiger partial charge on any atom is -0.372 e. The summed E-state index contributed by atoms with van der Waals surface area (Å²) in [6, 6.07) is 9.32. The molecular formula is C18H29N3. The predicted molar refractivity (Wildman–Crippen MR) is 90.1 cm³/mol. The van der Waals surface area contributed by atoms with Gasteiger partial charge in [-0.3, -0.25) is 0 Å². The summed E-state index contributed by atoms with van der Waals surface area (Å²) in [7, 11) is 0. The molecule has 0 unspecified atom stereocenters. The quantitative estimate of drug-likeness (QED) is 0.898. The van der Waals surface area contributed by atoms with Crippen LogP contribution in [-0.2, 0) is 6.42 Å². The molecule has 0 amide bonds. The van der Waals surface area contributed by atoms with E-state index in [1.165, 1.54) is 76.1 Å². The number of aryl methyl sites for hydroxylation is 1. The van der Waals surface area contributed by atoms with Gasteiger partial charge in [-0.25, -0.2) is 0 Å². The standard InChI is InChI=1S/C18H29N3/c1-2-13-21(14-3-1)18-8-6-17(7-9-18)5-4-12-20-15-10-19-11-16-20/h6-9,19H,1-5,10-16H2. The van der Waals surface area contributed by atoms with Crippen LogP contribution in [0, 0.1) is 0 Å². The molecule has 3 nitrogen and oxygen atoms in total. The van der Waals surface area contributed by atoms with Crippen LogP contribution in [-0.4, -0.2) is 50.7 Å². The summed E-state index contributed by atoms with van der Waals surface area (Å²) in [5, 5.41) is 3.41. The average Bonchev–Trinajstić information content (AvgIpc) is 2.57. The van der Waals surface area contributed by atoms with Crippen LogP contribution >= 0.6 is 0 Å². The minimum atomic E-state index is 1.16. The Kier molecular flexibility index (Phi) is 5.53. The monoisotopic (exact) mass is 287 g/mol. The van der Waals surface area contributed by atoms with E-state index in [4.69, 9.17) is 0 Å².